The number of hydrogen-bond acceptors (Lipinski definition) is 2. The summed E-state index contributed by atoms with van der Waals surface area (Å²) in [4.78, 5) is 4.45. The third-order valence-electron chi connectivity index (χ3n) is 6.20. The van der Waals surface area contributed by atoms with Gasteiger partial charge in [-0.3, -0.25) is 0 Å². The van der Waals surface area contributed by atoms with Gasteiger partial charge in [0.25, 0.3) is 0 Å². The number of benzene rings is 1. The van der Waals surface area contributed by atoms with Crippen LogP contribution in [0.25, 0.3) is 0 Å². The van der Waals surface area contributed by atoms with Gasteiger partial charge in [-0.2, -0.15) is 0 Å². The highest BCUT2D eigenvalue weighted by atomic mass is 35.5. The van der Waals surface area contributed by atoms with Crippen LogP contribution in [0.1, 0.15) is 44.1 Å². The van der Waals surface area contributed by atoms with Crippen LogP contribution < -0.4 is 10.5 Å². The van der Waals surface area contributed by atoms with Gasteiger partial charge >= 0.3 is 0 Å². The van der Waals surface area contributed by atoms with E-state index in [4.69, 9.17) is 22.1 Å². The maximum Gasteiger partial charge on any atom is 0.122 e. The molecule has 0 unspecified atom stereocenters. The summed E-state index contributed by atoms with van der Waals surface area (Å²) < 4.78 is 5.72. The van der Waals surface area contributed by atoms with E-state index in [-0.39, 0.29) is 5.88 Å². The fourth-order valence-electron chi connectivity index (χ4n) is 5.82. The van der Waals surface area contributed by atoms with Crippen molar-refractivity contribution >= 4 is 23.1 Å². The molecule has 0 aromatic heterocycles. The van der Waals surface area contributed by atoms with E-state index < -0.39 is 0 Å². The van der Waals surface area contributed by atoms with Crippen LogP contribution in [0.3, 0.4) is 0 Å². The molecule has 0 saturated heterocycles. The summed E-state index contributed by atoms with van der Waals surface area (Å²) in [6.07, 6.45) is 8.27. The van der Waals surface area contributed by atoms with E-state index in [1.165, 1.54) is 44.1 Å². The summed E-state index contributed by atoms with van der Waals surface area (Å²) >= 11 is 5.78. The Hall–Kier alpha value is -1.22. The molecular weight excluding hydrogens is 308 g/mol. The van der Waals surface area contributed by atoms with E-state index in [1.807, 2.05) is 12.1 Å². The molecule has 4 aliphatic carbocycles. The molecule has 4 aliphatic rings. The van der Waals surface area contributed by atoms with Gasteiger partial charge in [0.15, 0.2) is 0 Å². The fourth-order valence-corrected chi connectivity index (χ4v) is 5.88. The minimum Gasteiger partial charge on any atom is -0.496 e. The number of hydrogen-bond donors (Lipinski definition) is 1. The van der Waals surface area contributed by atoms with Gasteiger partial charge in [-0.1, -0.05) is 0 Å². The quantitative estimate of drug-likeness (QED) is 0.505. The van der Waals surface area contributed by atoms with E-state index in [2.05, 4.69) is 11.1 Å². The van der Waals surface area contributed by atoms with Crippen LogP contribution in [0, 0.1) is 17.8 Å². The number of rotatable bonds is 4. The standard InChI is InChI=1S/C19H25ClN2O/c1-23-17-3-2-15(22-18(21)11-20)7-16(17)19-8-12-4-13(9-19)6-14(5-12)10-19/h2-3,7,12-14H,4-6,8-11H2,1H3,(H2,21,22). The first-order valence-corrected chi connectivity index (χ1v) is 9.23. The molecule has 1 aromatic carbocycles. The minimum absolute atomic E-state index is 0.263. The lowest BCUT2D eigenvalue weighted by atomic mass is 9.48. The number of nitrogens with zero attached hydrogens (tertiary/aromatic N) is 1. The minimum atomic E-state index is 0.263. The van der Waals surface area contributed by atoms with E-state index in [0.717, 1.165) is 29.2 Å². The molecule has 23 heavy (non-hydrogen) atoms. The monoisotopic (exact) mass is 332 g/mol. The van der Waals surface area contributed by atoms with Crippen molar-refractivity contribution in [2.45, 2.75) is 43.9 Å². The smallest absolute Gasteiger partial charge is 0.122 e. The highest BCUT2D eigenvalue weighted by Crippen LogP contribution is 2.62. The van der Waals surface area contributed by atoms with Crippen LogP contribution in [0.5, 0.6) is 5.75 Å². The van der Waals surface area contributed by atoms with Gasteiger partial charge in [0, 0.05) is 5.56 Å². The topological polar surface area (TPSA) is 47.6 Å². The number of nitrogens with two attached hydrogens (primary N) is 1. The van der Waals surface area contributed by atoms with E-state index in [0.29, 0.717) is 11.3 Å². The molecule has 4 heteroatoms. The Bertz CT molecular complexity index is 605. The molecule has 4 saturated carbocycles. The molecule has 0 radical (unpaired) electrons. The second kappa shape index (κ2) is 5.70. The van der Waals surface area contributed by atoms with Crippen LogP contribution in [0.15, 0.2) is 23.2 Å². The van der Waals surface area contributed by atoms with Gasteiger partial charge in [-0.25, -0.2) is 4.99 Å². The summed E-state index contributed by atoms with van der Waals surface area (Å²) in [7, 11) is 1.77. The third kappa shape index (κ3) is 2.63. The Labute approximate surface area is 143 Å². The molecule has 0 aliphatic heterocycles. The Morgan fingerprint density at radius 3 is 2.35 bits per heavy atom. The van der Waals surface area contributed by atoms with E-state index in [1.54, 1.807) is 7.11 Å². The van der Waals surface area contributed by atoms with Crippen molar-refractivity contribution in [3.63, 3.8) is 0 Å². The predicted octanol–water partition coefficient (Wildman–Crippen LogP) is 4.39. The fraction of sp³-hybridized carbons (Fsp3) is 0.632. The van der Waals surface area contributed by atoms with Crippen molar-refractivity contribution in [1.29, 1.82) is 0 Å². The summed E-state index contributed by atoms with van der Waals surface area (Å²) in [5, 5.41) is 0. The lowest BCUT2D eigenvalue weighted by Gasteiger charge is -2.57. The van der Waals surface area contributed by atoms with Crippen LogP contribution in [-0.4, -0.2) is 18.8 Å². The first kappa shape index (κ1) is 15.3. The molecule has 0 spiro atoms. The highest BCUT2D eigenvalue weighted by molar-refractivity contribution is 6.28. The van der Waals surface area contributed by atoms with Gasteiger partial charge in [0.1, 0.15) is 11.6 Å². The zero-order valence-electron chi connectivity index (χ0n) is 13.7. The normalized spacial score (nSPS) is 35.6. The molecule has 5 rings (SSSR count). The highest BCUT2D eigenvalue weighted by Gasteiger charge is 2.52. The molecule has 1 aromatic rings. The lowest BCUT2D eigenvalue weighted by Crippen LogP contribution is -2.48. The van der Waals surface area contributed by atoms with E-state index >= 15 is 0 Å². The Morgan fingerprint density at radius 1 is 1.22 bits per heavy atom. The van der Waals surface area contributed by atoms with Gasteiger partial charge in [0.2, 0.25) is 0 Å². The first-order valence-electron chi connectivity index (χ1n) is 8.69. The molecular formula is C19H25ClN2O. The Kier molecular flexibility index (Phi) is 3.79. The summed E-state index contributed by atoms with van der Waals surface area (Å²) in [5.41, 5.74) is 8.36. The van der Waals surface area contributed by atoms with Gasteiger partial charge < -0.3 is 10.5 Å². The van der Waals surface area contributed by atoms with Crippen LogP contribution in [0.4, 0.5) is 5.69 Å². The van der Waals surface area contributed by atoms with Crippen molar-refractivity contribution in [2.24, 2.45) is 28.5 Å². The van der Waals surface area contributed by atoms with Crippen molar-refractivity contribution in [3.05, 3.63) is 23.8 Å². The van der Waals surface area contributed by atoms with Gasteiger partial charge in [0.05, 0.1) is 18.7 Å². The second-order valence-electron chi connectivity index (χ2n) is 7.82. The number of ether oxygens (including phenoxy) is 1. The average Bonchev–Trinajstić information content (AvgIpc) is 2.53. The summed E-state index contributed by atoms with van der Waals surface area (Å²) in [6, 6.07) is 6.22. The number of alkyl halides is 1. The van der Waals surface area contributed by atoms with Crippen molar-refractivity contribution in [1.82, 2.24) is 0 Å². The number of methoxy groups -OCH3 is 1. The molecule has 0 amide bonds. The molecule has 4 fully saturated rings. The molecule has 4 bridgehead atoms. The zero-order valence-corrected chi connectivity index (χ0v) is 14.5. The molecule has 0 atom stereocenters. The average molecular weight is 333 g/mol. The largest absolute Gasteiger partial charge is 0.496 e. The van der Waals surface area contributed by atoms with Crippen LogP contribution in [-0.2, 0) is 5.41 Å². The Balaban J connectivity index is 1.76. The van der Waals surface area contributed by atoms with Crippen molar-refractivity contribution in [3.8, 4) is 5.75 Å². The molecule has 3 nitrogen and oxygen atoms in total. The zero-order chi connectivity index (χ0) is 16.0. The SMILES string of the molecule is COc1ccc(N=C(N)CCl)cc1C12CC3CC(CC(C3)C1)C2. The van der Waals surface area contributed by atoms with E-state index in [9.17, 15) is 0 Å². The van der Waals surface area contributed by atoms with Gasteiger partial charge in [-0.15, -0.1) is 11.6 Å². The number of halogens is 1. The summed E-state index contributed by atoms with van der Waals surface area (Å²) in [6.45, 7) is 0. The van der Waals surface area contributed by atoms with Crippen LogP contribution in [0.2, 0.25) is 0 Å². The van der Waals surface area contributed by atoms with Crippen LogP contribution >= 0.6 is 11.6 Å². The maximum atomic E-state index is 5.82. The lowest BCUT2D eigenvalue weighted by molar-refractivity contribution is -0.00613. The third-order valence-corrected chi connectivity index (χ3v) is 6.48. The van der Waals surface area contributed by atoms with Gasteiger partial charge in [-0.05, 0) is 79.9 Å². The van der Waals surface area contributed by atoms with Crippen molar-refractivity contribution in [2.75, 3.05) is 13.0 Å². The maximum absolute atomic E-state index is 5.82. The summed E-state index contributed by atoms with van der Waals surface area (Å²) in [5.74, 6) is 4.46. The number of aliphatic imine (C=N–C) groups is 1. The second-order valence-corrected chi connectivity index (χ2v) is 8.09. The molecule has 2 N–H and O–H groups in total. The first-order chi connectivity index (χ1) is 11.1. The molecule has 0 heterocycles. The Morgan fingerprint density at radius 2 is 1.83 bits per heavy atom. The molecule has 124 valence electrons. The predicted molar refractivity (Wildman–Crippen MR) is 94.8 cm³/mol. The number of amidine groups is 1. The van der Waals surface area contributed by atoms with Crippen molar-refractivity contribution < 1.29 is 4.74 Å².